The zero-order valence-corrected chi connectivity index (χ0v) is 14.3. The molecule has 0 saturated carbocycles. The highest BCUT2D eigenvalue weighted by Crippen LogP contribution is 2.18. The summed E-state index contributed by atoms with van der Waals surface area (Å²) in [6.45, 7) is 5.00. The van der Waals surface area contributed by atoms with Crippen LogP contribution in [-0.4, -0.2) is 24.6 Å². The Morgan fingerprint density at radius 3 is 2.44 bits per heavy atom. The molecule has 0 aliphatic rings. The number of benzene rings is 2. The minimum Gasteiger partial charge on any atom is -0.482 e. The second kappa shape index (κ2) is 8.28. The highest BCUT2D eigenvalue weighted by Gasteiger charge is 2.18. The van der Waals surface area contributed by atoms with Gasteiger partial charge in [-0.05, 0) is 56.7 Å². The maximum Gasteiger partial charge on any atom is 0.344 e. The van der Waals surface area contributed by atoms with E-state index in [-0.39, 0.29) is 6.61 Å². The summed E-state index contributed by atoms with van der Waals surface area (Å²) >= 11 is 0. The first-order chi connectivity index (χ1) is 11.8. The molecule has 0 radical (unpaired) electrons. The van der Waals surface area contributed by atoms with Crippen LogP contribution in [0.4, 0.5) is 10.1 Å². The van der Waals surface area contributed by atoms with Crippen LogP contribution < -0.4 is 10.1 Å². The van der Waals surface area contributed by atoms with Crippen LogP contribution in [0.1, 0.15) is 18.1 Å². The van der Waals surface area contributed by atoms with Crippen LogP contribution in [0.2, 0.25) is 0 Å². The molecule has 0 unspecified atom stereocenters. The van der Waals surface area contributed by atoms with E-state index in [1.165, 1.54) is 31.2 Å². The van der Waals surface area contributed by atoms with Gasteiger partial charge in [0.25, 0.3) is 5.91 Å². The Morgan fingerprint density at radius 1 is 1.12 bits per heavy atom. The fourth-order valence-electron chi connectivity index (χ4n) is 2.16. The van der Waals surface area contributed by atoms with Crippen molar-refractivity contribution in [3.63, 3.8) is 0 Å². The van der Waals surface area contributed by atoms with Gasteiger partial charge < -0.3 is 14.8 Å². The molecule has 0 fully saturated rings. The lowest BCUT2D eigenvalue weighted by atomic mass is 10.1. The number of aryl methyl sites for hydroxylation is 2. The summed E-state index contributed by atoms with van der Waals surface area (Å²) in [5.41, 5.74) is 2.43. The number of carbonyl (C=O) groups is 2. The van der Waals surface area contributed by atoms with Crippen LogP contribution in [0, 0.1) is 19.7 Å². The van der Waals surface area contributed by atoms with Crippen molar-refractivity contribution in [2.24, 2.45) is 0 Å². The summed E-state index contributed by atoms with van der Waals surface area (Å²) in [5, 5.41) is 2.54. The molecule has 2 aromatic carbocycles. The molecule has 0 aliphatic heterocycles. The van der Waals surface area contributed by atoms with E-state index in [1.807, 2.05) is 26.0 Å². The van der Waals surface area contributed by atoms with Crippen LogP contribution in [0.25, 0.3) is 0 Å². The molecule has 1 amide bonds. The van der Waals surface area contributed by atoms with Crippen molar-refractivity contribution < 1.29 is 23.5 Å². The van der Waals surface area contributed by atoms with Crippen LogP contribution in [0.3, 0.4) is 0 Å². The number of hydrogen-bond donors (Lipinski definition) is 1. The summed E-state index contributed by atoms with van der Waals surface area (Å²) in [6.07, 6.45) is -1.000. The molecule has 0 spiro atoms. The molecule has 132 valence electrons. The van der Waals surface area contributed by atoms with E-state index in [0.29, 0.717) is 11.4 Å². The molecule has 0 bridgehead atoms. The maximum atomic E-state index is 12.8. The Labute approximate surface area is 145 Å². The third-order valence-electron chi connectivity index (χ3n) is 3.47. The van der Waals surface area contributed by atoms with E-state index in [9.17, 15) is 14.0 Å². The lowest BCUT2D eigenvalue weighted by molar-refractivity contribution is -0.155. The standard InChI is InChI=1S/C19H20FNO4/c1-12-4-9-17(13(2)10-12)24-11-18(22)25-14(3)19(23)21-16-7-5-15(20)6-8-16/h4-10,14H,11H2,1-3H3,(H,21,23)/t14-/m0/s1. The van der Waals surface area contributed by atoms with Crippen molar-refractivity contribution in [2.75, 3.05) is 11.9 Å². The molecule has 0 aromatic heterocycles. The minimum atomic E-state index is -1.000. The van der Waals surface area contributed by atoms with Crippen molar-refractivity contribution in [3.05, 3.63) is 59.4 Å². The van der Waals surface area contributed by atoms with E-state index in [0.717, 1.165) is 11.1 Å². The van der Waals surface area contributed by atoms with E-state index in [4.69, 9.17) is 9.47 Å². The molecule has 2 rings (SSSR count). The Balaban J connectivity index is 1.82. The van der Waals surface area contributed by atoms with Crippen LogP contribution in [0.5, 0.6) is 5.75 Å². The predicted molar refractivity (Wildman–Crippen MR) is 92.0 cm³/mol. The number of ether oxygens (including phenoxy) is 2. The number of rotatable bonds is 6. The SMILES string of the molecule is Cc1ccc(OCC(=O)O[C@@H](C)C(=O)Nc2ccc(F)cc2)c(C)c1. The number of halogens is 1. The first kappa shape index (κ1) is 18.4. The first-order valence-electron chi connectivity index (χ1n) is 7.81. The van der Waals surface area contributed by atoms with E-state index in [2.05, 4.69) is 5.32 Å². The summed E-state index contributed by atoms with van der Waals surface area (Å²) in [4.78, 5) is 23.8. The van der Waals surface area contributed by atoms with Gasteiger partial charge in [0.15, 0.2) is 12.7 Å². The predicted octanol–water partition coefficient (Wildman–Crippen LogP) is 3.39. The lowest BCUT2D eigenvalue weighted by Crippen LogP contribution is -2.31. The fourth-order valence-corrected chi connectivity index (χ4v) is 2.16. The van der Waals surface area contributed by atoms with Gasteiger partial charge in [0.05, 0.1) is 0 Å². The zero-order valence-electron chi connectivity index (χ0n) is 14.3. The molecule has 0 saturated heterocycles. The van der Waals surface area contributed by atoms with E-state index in [1.54, 1.807) is 6.07 Å². The Bertz CT molecular complexity index is 759. The van der Waals surface area contributed by atoms with Gasteiger partial charge in [-0.3, -0.25) is 4.79 Å². The molecule has 25 heavy (non-hydrogen) atoms. The minimum absolute atomic E-state index is 0.294. The molecule has 1 atom stereocenters. The second-order valence-corrected chi connectivity index (χ2v) is 5.69. The third kappa shape index (κ3) is 5.60. The lowest BCUT2D eigenvalue weighted by Gasteiger charge is -2.14. The smallest absolute Gasteiger partial charge is 0.344 e. The molecular weight excluding hydrogens is 325 g/mol. The van der Waals surface area contributed by atoms with Crippen LogP contribution in [0.15, 0.2) is 42.5 Å². The van der Waals surface area contributed by atoms with Crippen molar-refractivity contribution in [3.8, 4) is 5.75 Å². The van der Waals surface area contributed by atoms with Gasteiger partial charge in [-0.2, -0.15) is 0 Å². The number of amides is 1. The number of esters is 1. The molecule has 2 aromatic rings. The van der Waals surface area contributed by atoms with Gasteiger partial charge in [0, 0.05) is 5.69 Å². The molecule has 0 aliphatic carbocycles. The Kier molecular flexibility index (Phi) is 6.11. The third-order valence-corrected chi connectivity index (χ3v) is 3.47. The van der Waals surface area contributed by atoms with Gasteiger partial charge in [-0.25, -0.2) is 9.18 Å². The average molecular weight is 345 g/mol. The van der Waals surface area contributed by atoms with Gasteiger partial charge in [0.2, 0.25) is 0 Å². The zero-order chi connectivity index (χ0) is 18.4. The number of nitrogens with one attached hydrogen (secondary N) is 1. The number of hydrogen-bond acceptors (Lipinski definition) is 4. The average Bonchev–Trinajstić information content (AvgIpc) is 2.56. The molecule has 5 nitrogen and oxygen atoms in total. The van der Waals surface area contributed by atoms with Crippen molar-refractivity contribution >= 4 is 17.6 Å². The highest BCUT2D eigenvalue weighted by atomic mass is 19.1. The van der Waals surface area contributed by atoms with E-state index >= 15 is 0 Å². The van der Waals surface area contributed by atoms with E-state index < -0.39 is 23.8 Å². The van der Waals surface area contributed by atoms with Crippen molar-refractivity contribution in [1.29, 1.82) is 0 Å². The topological polar surface area (TPSA) is 64.6 Å². The molecule has 1 N–H and O–H groups in total. The summed E-state index contributed by atoms with van der Waals surface area (Å²) in [6, 6.07) is 10.9. The molecule has 0 heterocycles. The Hall–Kier alpha value is -2.89. The number of anilines is 1. The monoisotopic (exact) mass is 345 g/mol. The van der Waals surface area contributed by atoms with Crippen molar-refractivity contribution in [1.82, 2.24) is 0 Å². The van der Waals surface area contributed by atoms with Gasteiger partial charge >= 0.3 is 5.97 Å². The van der Waals surface area contributed by atoms with Crippen LogP contribution >= 0.6 is 0 Å². The largest absolute Gasteiger partial charge is 0.482 e. The first-order valence-corrected chi connectivity index (χ1v) is 7.81. The normalized spacial score (nSPS) is 11.5. The summed E-state index contributed by atoms with van der Waals surface area (Å²) < 4.78 is 23.3. The fraction of sp³-hybridized carbons (Fsp3) is 0.263. The Morgan fingerprint density at radius 2 is 1.80 bits per heavy atom. The number of carbonyl (C=O) groups excluding carboxylic acids is 2. The maximum absolute atomic E-state index is 12.8. The summed E-state index contributed by atoms with van der Waals surface area (Å²) in [5.74, 6) is -0.972. The van der Waals surface area contributed by atoms with Gasteiger partial charge in [-0.1, -0.05) is 17.7 Å². The van der Waals surface area contributed by atoms with Gasteiger partial charge in [-0.15, -0.1) is 0 Å². The van der Waals surface area contributed by atoms with Gasteiger partial charge in [0.1, 0.15) is 11.6 Å². The second-order valence-electron chi connectivity index (χ2n) is 5.69. The molecule has 6 heteroatoms. The quantitative estimate of drug-likeness (QED) is 0.815. The molecular formula is C19H20FNO4. The highest BCUT2D eigenvalue weighted by molar-refractivity contribution is 5.95. The van der Waals surface area contributed by atoms with Crippen molar-refractivity contribution in [2.45, 2.75) is 26.9 Å². The van der Waals surface area contributed by atoms with Crippen LogP contribution in [-0.2, 0) is 14.3 Å². The summed E-state index contributed by atoms with van der Waals surface area (Å²) in [7, 11) is 0.